The second-order valence-corrected chi connectivity index (χ2v) is 4.01. The van der Waals surface area contributed by atoms with Crippen LogP contribution in [-0.2, 0) is 14.3 Å². The summed E-state index contributed by atoms with van der Waals surface area (Å²) in [5.41, 5.74) is 0. The molecule has 0 saturated heterocycles. The van der Waals surface area contributed by atoms with Crippen molar-refractivity contribution in [2.45, 2.75) is 38.8 Å². The zero-order valence-electron chi connectivity index (χ0n) is 11.3. The van der Waals surface area contributed by atoms with E-state index in [0.717, 1.165) is 12.8 Å². The Labute approximate surface area is 104 Å². The smallest absolute Gasteiger partial charge is 0.323 e. The Balaban J connectivity index is 4.75. The van der Waals surface area contributed by atoms with Gasteiger partial charge in [0.15, 0.2) is 0 Å². The summed E-state index contributed by atoms with van der Waals surface area (Å²) in [6, 6.07) is -0.346. The quantitative estimate of drug-likeness (QED) is 0.629. The van der Waals surface area contributed by atoms with Crippen molar-refractivity contribution in [3.05, 3.63) is 0 Å². The molecule has 0 rings (SSSR count). The first-order valence-electron chi connectivity index (χ1n) is 6.08. The van der Waals surface area contributed by atoms with Crippen LogP contribution in [-0.4, -0.2) is 62.0 Å². The second kappa shape index (κ2) is 9.39. The van der Waals surface area contributed by atoms with E-state index in [1.165, 1.54) is 7.11 Å². The molecule has 17 heavy (non-hydrogen) atoms. The lowest BCUT2D eigenvalue weighted by Crippen LogP contribution is -2.50. The summed E-state index contributed by atoms with van der Waals surface area (Å²) in [6.07, 6.45) is 1.85. The summed E-state index contributed by atoms with van der Waals surface area (Å²) < 4.78 is 10.0. The average Bonchev–Trinajstić information content (AvgIpc) is 2.32. The van der Waals surface area contributed by atoms with E-state index >= 15 is 0 Å². The van der Waals surface area contributed by atoms with Crippen molar-refractivity contribution in [1.82, 2.24) is 4.90 Å². The molecule has 5 nitrogen and oxygen atoms in total. The molecule has 0 spiro atoms. The number of rotatable bonds is 10. The van der Waals surface area contributed by atoms with E-state index in [9.17, 15) is 9.90 Å². The zero-order chi connectivity index (χ0) is 13.3. The van der Waals surface area contributed by atoms with Gasteiger partial charge < -0.3 is 14.6 Å². The van der Waals surface area contributed by atoms with E-state index in [-0.39, 0.29) is 12.6 Å². The highest BCUT2D eigenvalue weighted by atomic mass is 16.5. The van der Waals surface area contributed by atoms with Crippen molar-refractivity contribution in [3.63, 3.8) is 0 Å². The molecule has 0 aromatic rings. The molecule has 102 valence electrons. The highest BCUT2D eigenvalue weighted by Gasteiger charge is 2.29. The Kier molecular flexibility index (Phi) is 9.03. The van der Waals surface area contributed by atoms with E-state index in [1.54, 1.807) is 7.11 Å². The van der Waals surface area contributed by atoms with Crippen LogP contribution in [0.25, 0.3) is 0 Å². The molecule has 0 aliphatic heterocycles. The standard InChI is InChI=1S/C12H25NO4/c1-5-10(6-2)13(7-8-16-3)11(9-17-4)12(14)15/h10-11H,5-9H2,1-4H3,(H,14,15). The van der Waals surface area contributed by atoms with Crippen LogP contribution in [0.5, 0.6) is 0 Å². The third-order valence-electron chi connectivity index (χ3n) is 2.98. The second-order valence-electron chi connectivity index (χ2n) is 4.01. The maximum atomic E-state index is 11.3. The van der Waals surface area contributed by atoms with Gasteiger partial charge in [-0.2, -0.15) is 0 Å². The van der Waals surface area contributed by atoms with Crippen LogP contribution in [0, 0.1) is 0 Å². The van der Waals surface area contributed by atoms with Crippen molar-refractivity contribution in [2.75, 3.05) is 34.0 Å². The third-order valence-corrected chi connectivity index (χ3v) is 2.98. The van der Waals surface area contributed by atoms with Gasteiger partial charge >= 0.3 is 5.97 Å². The van der Waals surface area contributed by atoms with Gasteiger partial charge in [0.1, 0.15) is 6.04 Å². The molecule has 0 fully saturated rings. The largest absolute Gasteiger partial charge is 0.480 e. The Hall–Kier alpha value is -0.650. The Morgan fingerprint density at radius 1 is 1.24 bits per heavy atom. The van der Waals surface area contributed by atoms with Crippen molar-refractivity contribution in [2.24, 2.45) is 0 Å². The molecule has 5 heteroatoms. The minimum Gasteiger partial charge on any atom is -0.480 e. The lowest BCUT2D eigenvalue weighted by atomic mass is 10.1. The molecule has 0 aromatic heterocycles. The molecule has 0 radical (unpaired) electrons. The summed E-state index contributed by atoms with van der Waals surface area (Å²) in [6.45, 7) is 5.49. The van der Waals surface area contributed by atoms with Crippen molar-refractivity contribution < 1.29 is 19.4 Å². The Bertz CT molecular complexity index is 207. The number of carbonyl (C=O) groups is 1. The summed E-state index contributed by atoms with van der Waals surface area (Å²) in [7, 11) is 3.15. The normalized spacial score (nSPS) is 13.3. The van der Waals surface area contributed by atoms with Gasteiger partial charge in [0.2, 0.25) is 0 Å². The number of aliphatic carboxylic acids is 1. The van der Waals surface area contributed by atoms with Gasteiger partial charge in [-0.3, -0.25) is 9.69 Å². The fraction of sp³-hybridized carbons (Fsp3) is 0.917. The van der Waals surface area contributed by atoms with E-state index in [2.05, 4.69) is 13.8 Å². The minimum atomic E-state index is -0.838. The number of methoxy groups -OCH3 is 2. The van der Waals surface area contributed by atoms with Crippen LogP contribution >= 0.6 is 0 Å². The predicted octanol–water partition coefficient (Wildman–Crippen LogP) is 1.22. The Morgan fingerprint density at radius 3 is 2.18 bits per heavy atom. The van der Waals surface area contributed by atoms with Crippen molar-refractivity contribution in [3.8, 4) is 0 Å². The van der Waals surface area contributed by atoms with Gasteiger partial charge in [-0.15, -0.1) is 0 Å². The highest BCUT2D eigenvalue weighted by Crippen LogP contribution is 2.13. The molecule has 0 saturated carbocycles. The van der Waals surface area contributed by atoms with Gasteiger partial charge in [0, 0.05) is 26.8 Å². The van der Waals surface area contributed by atoms with Crippen LogP contribution in [0.4, 0.5) is 0 Å². The van der Waals surface area contributed by atoms with Crippen LogP contribution < -0.4 is 0 Å². The first kappa shape index (κ1) is 16.4. The molecule has 0 aromatic carbocycles. The molecule has 0 heterocycles. The summed E-state index contributed by atoms with van der Waals surface area (Å²) in [5, 5.41) is 9.25. The summed E-state index contributed by atoms with van der Waals surface area (Å²) >= 11 is 0. The molecular weight excluding hydrogens is 222 g/mol. The van der Waals surface area contributed by atoms with Crippen molar-refractivity contribution in [1.29, 1.82) is 0 Å². The summed E-state index contributed by atoms with van der Waals surface area (Å²) in [4.78, 5) is 13.2. The molecular formula is C12H25NO4. The van der Waals surface area contributed by atoms with Crippen LogP contribution in [0.15, 0.2) is 0 Å². The number of hydrogen-bond acceptors (Lipinski definition) is 4. The average molecular weight is 247 g/mol. The van der Waals surface area contributed by atoms with Crippen LogP contribution in [0.1, 0.15) is 26.7 Å². The van der Waals surface area contributed by atoms with E-state index in [0.29, 0.717) is 13.2 Å². The number of carboxylic acids is 1. The van der Waals surface area contributed by atoms with Gasteiger partial charge in [-0.05, 0) is 12.8 Å². The molecule has 1 atom stereocenters. The van der Waals surface area contributed by atoms with Gasteiger partial charge in [-0.25, -0.2) is 0 Å². The fourth-order valence-corrected chi connectivity index (χ4v) is 2.01. The molecule has 0 amide bonds. The molecule has 0 aliphatic rings. The Morgan fingerprint density at radius 2 is 1.82 bits per heavy atom. The van der Waals surface area contributed by atoms with Crippen molar-refractivity contribution >= 4 is 5.97 Å². The minimum absolute atomic E-state index is 0.204. The van der Waals surface area contributed by atoms with E-state index in [1.807, 2.05) is 4.90 Å². The van der Waals surface area contributed by atoms with Gasteiger partial charge in [0.05, 0.1) is 13.2 Å². The monoisotopic (exact) mass is 247 g/mol. The SMILES string of the molecule is CCC(CC)N(CCOC)C(COC)C(=O)O. The number of hydrogen-bond donors (Lipinski definition) is 1. The lowest BCUT2D eigenvalue weighted by molar-refractivity contribution is -0.147. The molecule has 0 bridgehead atoms. The number of nitrogens with zero attached hydrogens (tertiary/aromatic N) is 1. The van der Waals surface area contributed by atoms with Crippen LogP contribution in [0.2, 0.25) is 0 Å². The maximum absolute atomic E-state index is 11.3. The van der Waals surface area contributed by atoms with E-state index in [4.69, 9.17) is 9.47 Å². The van der Waals surface area contributed by atoms with Gasteiger partial charge in [-0.1, -0.05) is 13.8 Å². The zero-order valence-corrected chi connectivity index (χ0v) is 11.3. The lowest BCUT2D eigenvalue weighted by Gasteiger charge is -2.34. The third kappa shape index (κ3) is 5.48. The summed E-state index contributed by atoms with van der Waals surface area (Å²) in [5.74, 6) is -0.838. The first-order valence-corrected chi connectivity index (χ1v) is 6.08. The number of carboxylic acid groups (broad SMARTS) is 1. The molecule has 0 aliphatic carbocycles. The molecule has 1 unspecified atom stereocenters. The van der Waals surface area contributed by atoms with Gasteiger partial charge in [0.25, 0.3) is 0 Å². The molecule has 1 N–H and O–H groups in total. The first-order chi connectivity index (χ1) is 8.12. The maximum Gasteiger partial charge on any atom is 0.323 e. The highest BCUT2D eigenvalue weighted by molar-refractivity contribution is 5.73. The topological polar surface area (TPSA) is 59.0 Å². The number of ether oxygens (including phenoxy) is 2. The fourth-order valence-electron chi connectivity index (χ4n) is 2.01. The predicted molar refractivity (Wildman–Crippen MR) is 66.3 cm³/mol. The van der Waals surface area contributed by atoms with Crippen LogP contribution in [0.3, 0.4) is 0 Å². The van der Waals surface area contributed by atoms with E-state index < -0.39 is 12.0 Å².